The van der Waals surface area contributed by atoms with Crippen molar-refractivity contribution in [2.75, 3.05) is 66.4 Å². The van der Waals surface area contributed by atoms with E-state index >= 15 is 0 Å². The Hall–Kier alpha value is -5.35. The molecule has 7 rings (SSSR count). The summed E-state index contributed by atoms with van der Waals surface area (Å²) in [6.45, 7) is 4.26. The first-order chi connectivity index (χ1) is 29.1. The average molecular weight is 883 g/mol. The molecule has 0 radical (unpaired) electrons. The number of rotatable bonds is 13. The fraction of sp³-hybridized carbons (Fsp3) is 0.429. The lowest BCUT2D eigenvalue weighted by Crippen LogP contribution is -2.55. The van der Waals surface area contributed by atoms with Crippen molar-refractivity contribution >= 4 is 75.3 Å². The van der Waals surface area contributed by atoms with Gasteiger partial charge in [-0.2, -0.15) is 18.4 Å². The van der Waals surface area contributed by atoms with E-state index in [9.17, 15) is 42.0 Å². The molecule has 2 atom stereocenters. The molecule has 1 unspecified atom stereocenters. The van der Waals surface area contributed by atoms with Crippen molar-refractivity contribution in [2.45, 2.75) is 69.2 Å². The standard InChI is InChI=1S/C42H43ClF4N8O5S/c1-25-23-52(13-14-53(25)24-37(57)50-30-19-28(43)18-29(20-30)49-34-6-8-36(56)51-38(34)58)15-16-60-35-7-5-32(17-26(35)9-12-44)55-40(61)54(39(59)41(55)10-2-11-41)31-4-3-27(22-48)33(21-31)42(45,46)47/h3-5,7,17-21,25,34,49H,2,6,8-16,23-24H2,1H3,(H,50,57)(H,51,56,58)/t25-,34?/m1/s1. The maximum Gasteiger partial charge on any atom is 0.417 e. The minimum Gasteiger partial charge on any atom is -0.492 e. The van der Waals surface area contributed by atoms with Crippen LogP contribution < -0.4 is 30.5 Å². The van der Waals surface area contributed by atoms with E-state index in [1.807, 2.05) is 6.92 Å². The Bertz CT molecular complexity index is 2290. The molecule has 4 amide bonds. The second-order valence-electron chi connectivity index (χ2n) is 15.6. The first-order valence-electron chi connectivity index (χ1n) is 19.9. The Morgan fingerprint density at radius 2 is 1.82 bits per heavy atom. The van der Waals surface area contributed by atoms with Crippen LogP contribution in [0.15, 0.2) is 54.6 Å². The average Bonchev–Trinajstić information content (AvgIpc) is 3.43. The number of benzene rings is 3. The number of nitriles is 1. The highest BCUT2D eigenvalue weighted by atomic mass is 35.5. The smallest absolute Gasteiger partial charge is 0.417 e. The number of piperazine rings is 1. The summed E-state index contributed by atoms with van der Waals surface area (Å²) in [5.41, 5.74) is -0.891. The number of carbonyl (C=O) groups excluding carboxylic acids is 4. The molecule has 3 heterocycles. The number of ether oxygens (including phenoxy) is 1. The molecule has 1 saturated carbocycles. The second kappa shape index (κ2) is 17.9. The third-order valence-corrected chi connectivity index (χ3v) is 12.2. The molecule has 3 aliphatic heterocycles. The Kier molecular flexibility index (Phi) is 12.9. The predicted molar refractivity (Wildman–Crippen MR) is 224 cm³/mol. The van der Waals surface area contributed by atoms with Crippen LogP contribution in [0.5, 0.6) is 5.75 Å². The number of alkyl halides is 4. The topological polar surface area (TPSA) is 150 Å². The van der Waals surface area contributed by atoms with Crippen LogP contribution in [0.3, 0.4) is 0 Å². The van der Waals surface area contributed by atoms with Crippen molar-refractivity contribution in [2.24, 2.45) is 0 Å². The molecule has 61 heavy (non-hydrogen) atoms. The van der Waals surface area contributed by atoms with Gasteiger partial charge < -0.3 is 20.3 Å². The van der Waals surface area contributed by atoms with Crippen LogP contribution in [0.25, 0.3) is 0 Å². The third kappa shape index (κ3) is 9.30. The lowest BCUT2D eigenvalue weighted by molar-refractivity contribution is -0.138. The fourth-order valence-electron chi connectivity index (χ4n) is 8.31. The Morgan fingerprint density at radius 3 is 2.49 bits per heavy atom. The number of carbonyl (C=O) groups is 4. The summed E-state index contributed by atoms with van der Waals surface area (Å²) >= 11 is 12.1. The van der Waals surface area contributed by atoms with Crippen LogP contribution >= 0.6 is 23.8 Å². The number of piperidine rings is 1. The van der Waals surface area contributed by atoms with Gasteiger partial charge in [0.2, 0.25) is 17.7 Å². The van der Waals surface area contributed by atoms with Gasteiger partial charge in [0, 0.05) is 67.1 Å². The first-order valence-corrected chi connectivity index (χ1v) is 20.7. The van der Waals surface area contributed by atoms with E-state index in [-0.39, 0.29) is 54.6 Å². The van der Waals surface area contributed by atoms with Crippen LogP contribution in [0.2, 0.25) is 5.02 Å². The SMILES string of the molecule is C[C@@H]1CN(CCOc2ccc(N3C(=S)N(c4ccc(C#N)c(C(F)(F)F)c4)C(=O)C34CCC4)cc2CCF)CCN1CC(=O)Nc1cc(Cl)cc(NC2CCC(=O)NC2=O)c1. The van der Waals surface area contributed by atoms with Crippen molar-refractivity contribution in [3.63, 3.8) is 0 Å². The molecular weight excluding hydrogens is 840 g/mol. The number of hydrogen-bond acceptors (Lipinski definition) is 10. The summed E-state index contributed by atoms with van der Waals surface area (Å²) in [5, 5.41) is 17.9. The van der Waals surface area contributed by atoms with Gasteiger partial charge in [-0.25, -0.2) is 0 Å². The Labute approximate surface area is 359 Å². The van der Waals surface area contributed by atoms with E-state index in [0.29, 0.717) is 85.3 Å². The van der Waals surface area contributed by atoms with Gasteiger partial charge in [-0.05, 0) is 105 Å². The summed E-state index contributed by atoms with van der Waals surface area (Å²) in [6, 6.07) is 14.1. The minimum atomic E-state index is -4.82. The fourth-order valence-corrected chi connectivity index (χ4v) is 9.01. The lowest BCUT2D eigenvalue weighted by atomic mass is 9.75. The molecule has 3 saturated heterocycles. The van der Waals surface area contributed by atoms with E-state index in [2.05, 4.69) is 25.8 Å². The summed E-state index contributed by atoms with van der Waals surface area (Å²) in [5.74, 6) is -0.974. The van der Waals surface area contributed by atoms with E-state index < -0.39 is 47.4 Å². The highest BCUT2D eigenvalue weighted by Gasteiger charge is 2.59. The third-order valence-electron chi connectivity index (χ3n) is 11.6. The molecule has 3 aromatic rings. The minimum absolute atomic E-state index is 0.00826. The Balaban J connectivity index is 0.944. The normalized spacial score (nSPS) is 20.7. The molecule has 0 aromatic heterocycles. The molecule has 13 nitrogen and oxygen atoms in total. The molecule has 1 aliphatic carbocycles. The predicted octanol–water partition coefficient (Wildman–Crippen LogP) is 6.04. The maximum absolute atomic E-state index is 14.0. The number of amides is 4. The monoisotopic (exact) mass is 882 g/mol. The molecule has 19 heteroatoms. The van der Waals surface area contributed by atoms with Crippen molar-refractivity contribution in [3.8, 4) is 11.8 Å². The van der Waals surface area contributed by atoms with Crippen molar-refractivity contribution in [3.05, 3.63) is 76.3 Å². The number of anilines is 4. The number of aryl methyl sites for hydroxylation is 1. The van der Waals surface area contributed by atoms with Gasteiger partial charge in [-0.3, -0.25) is 43.6 Å². The first kappa shape index (κ1) is 43.7. The number of imide groups is 1. The molecular formula is C42H43ClF4N8O5S. The number of halogens is 5. The number of hydrogen-bond donors (Lipinski definition) is 3. The van der Waals surface area contributed by atoms with E-state index in [1.165, 1.54) is 6.07 Å². The zero-order valence-corrected chi connectivity index (χ0v) is 34.7. The van der Waals surface area contributed by atoms with Gasteiger partial charge in [0.05, 0.1) is 36.1 Å². The number of nitrogens with zero attached hydrogens (tertiary/aromatic N) is 5. The highest BCUT2D eigenvalue weighted by molar-refractivity contribution is 7.81. The van der Waals surface area contributed by atoms with Crippen molar-refractivity contribution < 1.29 is 41.5 Å². The van der Waals surface area contributed by atoms with Gasteiger partial charge >= 0.3 is 6.18 Å². The quantitative estimate of drug-likeness (QED) is 0.105. The zero-order chi connectivity index (χ0) is 43.6. The molecule has 3 aromatic carbocycles. The molecule has 3 N–H and O–H groups in total. The molecule has 1 spiro atoms. The van der Waals surface area contributed by atoms with Gasteiger partial charge in [0.15, 0.2) is 5.11 Å². The zero-order valence-electron chi connectivity index (χ0n) is 33.1. The lowest BCUT2D eigenvalue weighted by Gasteiger charge is -2.43. The van der Waals surface area contributed by atoms with Crippen molar-refractivity contribution in [1.82, 2.24) is 15.1 Å². The maximum atomic E-state index is 14.0. The van der Waals surface area contributed by atoms with Crippen LogP contribution in [0.4, 0.5) is 40.3 Å². The largest absolute Gasteiger partial charge is 0.492 e. The van der Waals surface area contributed by atoms with E-state index in [0.717, 1.165) is 17.0 Å². The molecule has 0 bridgehead atoms. The molecule has 4 aliphatic rings. The van der Waals surface area contributed by atoms with Crippen molar-refractivity contribution in [1.29, 1.82) is 5.26 Å². The van der Waals surface area contributed by atoms with E-state index in [1.54, 1.807) is 47.4 Å². The van der Waals surface area contributed by atoms with Gasteiger partial charge in [0.1, 0.15) is 23.9 Å². The Morgan fingerprint density at radius 1 is 1.07 bits per heavy atom. The van der Waals surface area contributed by atoms with E-state index in [4.69, 9.17) is 28.6 Å². The molecule has 322 valence electrons. The second-order valence-corrected chi connectivity index (χ2v) is 16.4. The number of thiocarbonyl (C=S) groups is 1. The van der Waals surface area contributed by atoms with Crippen LogP contribution in [-0.4, -0.2) is 102 Å². The molecule has 4 fully saturated rings. The van der Waals surface area contributed by atoms with Crippen LogP contribution in [-0.2, 0) is 31.8 Å². The van der Waals surface area contributed by atoms with Crippen LogP contribution in [0.1, 0.15) is 55.7 Å². The highest BCUT2D eigenvalue weighted by Crippen LogP contribution is 2.49. The summed E-state index contributed by atoms with van der Waals surface area (Å²) in [4.78, 5) is 57.8. The van der Waals surface area contributed by atoms with Gasteiger partial charge in [-0.15, -0.1) is 0 Å². The van der Waals surface area contributed by atoms with Gasteiger partial charge in [-0.1, -0.05) is 11.6 Å². The summed E-state index contributed by atoms with van der Waals surface area (Å²) in [6.07, 6.45) is -2.70. The summed E-state index contributed by atoms with van der Waals surface area (Å²) in [7, 11) is 0. The summed E-state index contributed by atoms with van der Waals surface area (Å²) < 4.78 is 61.7. The van der Waals surface area contributed by atoms with Gasteiger partial charge in [0.25, 0.3) is 5.91 Å². The van der Waals surface area contributed by atoms with Crippen LogP contribution in [0, 0.1) is 11.3 Å². The number of nitrogens with one attached hydrogen (secondary N) is 3.